The third-order valence-corrected chi connectivity index (χ3v) is 6.69. The Morgan fingerprint density at radius 2 is 1.66 bits per heavy atom. The van der Waals surface area contributed by atoms with E-state index in [-0.39, 0.29) is 16.6 Å². The molecule has 1 aliphatic heterocycles. The Morgan fingerprint density at radius 1 is 0.969 bits per heavy atom. The number of hydrogen-bond acceptors (Lipinski definition) is 6. The highest BCUT2D eigenvalue weighted by Gasteiger charge is 2.22. The fourth-order valence-electron chi connectivity index (χ4n) is 3.60. The molecule has 2 aromatic carbocycles. The lowest BCUT2D eigenvalue weighted by Crippen LogP contribution is -2.49. The first-order valence-electron chi connectivity index (χ1n) is 10.4. The fraction of sp³-hybridized carbons (Fsp3) is 0.250. The molecule has 0 spiro atoms. The van der Waals surface area contributed by atoms with Gasteiger partial charge in [0.15, 0.2) is 0 Å². The minimum absolute atomic E-state index is 0.0997. The number of hydrogen-bond donors (Lipinski definition) is 0. The highest BCUT2D eigenvalue weighted by Crippen LogP contribution is 2.24. The first-order chi connectivity index (χ1) is 15.4. The first-order valence-corrected chi connectivity index (χ1v) is 11.8. The minimum Gasteiger partial charge on any atom is -0.379 e. The molecule has 1 fully saturated rings. The van der Waals surface area contributed by atoms with E-state index in [1.165, 1.54) is 12.1 Å². The highest BCUT2D eigenvalue weighted by molar-refractivity contribution is 7.87. The lowest BCUT2D eigenvalue weighted by atomic mass is 10.1. The summed E-state index contributed by atoms with van der Waals surface area (Å²) in [4.78, 5) is 20.8. The summed E-state index contributed by atoms with van der Waals surface area (Å²) in [5, 5.41) is 0. The molecule has 0 bridgehead atoms. The molecule has 0 radical (unpaired) electrons. The zero-order valence-corrected chi connectivity index (χ0v) is 18.7. The predicted octanol–water partition coefficient (Wildman–Crippen LogP) is 3.05. The third-order valence-electron chi connectivity index (χ3n) is 5.43. The van der Waals surface area contributed by atoms with Crippen molar-refractivity contribution in [3.8, 4) is 5.75 Å². The lowest BCUT2D eigenvalue weighted by Gasteiger charge is -2.36. The van der Waals surface area contributed by atoms with E-state index in [9.17, 15) is 13.2 Å². The van der Waals surface area contributed by atoms with Crippen molar-refractivity contribution in [1.29, 1.82) is 0 Å². The van der Waals surface area contributed by atoms with Gasteiger partial charge in [-0.1, -0.05) is 23.8 Å². The number of aromatic nitrogens is 1. The summed E-state index contributed by atoms with van der Waals surface area (Å²) in [6.07, 6.45) is 3.77. The van der Waals surface area contributed by atoms with Crippen LogP contribution in [0, 0.1) is 6.92 Å². The minimum atomic E-state index is -3.87. The highest BCUT2D eigenvalue weighted by atomic mass is 32.2. The second-order valence-corrected chi connectivity index (χ2v) is 9.30. The first kappa shape index (κ1) is 21.8. The Hall–Kier alpha value is -3.39. The van der Waals surface area contributed by atoms with Crippen LogP contribution in [-0.2, 0) is 21.3 Å². The molecule has 0 aliphatic carbocycles. The van der Waals surface area contributed by atoms with Crippen molar-refractivity contribution in [3.05, 3.63) is 84.2 Å². The molecule has 2 heterocycles. The molecule has 0 atom stereocenters. The van der Waals surface area contributed by atoms with E-state index in [4.69, 9.17) is 4.18 Å². The Balaban J connectivity index is 1.33. The number of pyridine rings is 1. The quantitative estimate of drug-likeness (QED) is 0.536. The maximum absolute atomic E-state index is 12.5. The van der Waals surface area contributed by atoms with Gasteiger partial charge < -0.3 is 14.0 Å². The van der Waals surface area contributed by atoms with Gasteiger partial charge in [0.1, 0.15) is 10.6 Å². The van der Waals surface area contributed by atoms with Crippen LogP contribution >= 0.6 is 0 Å². The van der Waals surface area contributed by atoms with Gasteiger partial charge in [-0.2, -0.15) is 8.42 Å². The van der Waals surface area contributed by atoms with Gasteiger partial charge in [0, 0.05) is 44.3 Å². The number of piperazine rings is 1. The normalized spacial score (nSPS) is 14.3. The maximum atomic E-state index is 12.5. The number of anilines is 1. The van der Waals surface area contributed by atoms with Gasteiger partial charge in [-0.3, -0.25) is 9.78 Å². The molecule has 8 heteroatoms. The smallest absolute Gasteiger partial charge is 0.339 e. The Kier molecular flexibility index (Phi) is 6.41. The number of aryl methyl sites for hydroxylation is 1. The molecule has 1 aliphatic rings. The zero-order chi connectivity index (χ0) is 22.6. The molecule has 0 N–H and O–H groups in total. The molecule has 0 unspecified atom stereocenters. The standard InChI is InChI=1S/C24H25N3O4S/c1-19-4-10-23(11-5-19)32(29,30)31-22-8-6-21(7-9-22)26-13-15-27(16-14-26)24(28)17-20-3-2-12-25-18-20/h2-12,18H,13-17H2,1H3. The average Bonchev–Trinajstić information content (AvgIpc) is 2.80. The number of nitrogens with zero attached hydrogens (tertiary/aromatic N) is 3. The van der Waals surface area contributed by atoms with Crippen molar-refractivity contribution in [2.45, 2.75) is 18.2 Å². The van der Waals surface area contributed by atoms with Crippen molar-refractivity contribution in [2.24, 2.45) is 0 Å². The van der Waals surface area contributed by atoms with Gasteiger partial charge in [0.25, 0.3) is 0 Å². The molecule has 0 saturated carbocycles. The summed E-state index contributed by atoms with van der Waals surface area (Å²) in [6, 6.07) is 17.3. The molecule has 1 amide bonds. The van der Waals surface area contributed by atoms with Crippen LogP contribution in [0.1, 0.15) is 11.1 Å². The van der Waals surface area contributed by atoms with Gasteiger partial charge in [-0.05, 0) is 55.0 Å². The largest absolute Gasteiger partial charge is 0.379 e. The molecule has 4 rings (SSSR count). The van der Waals surface area contributed by atoms with Crippen LogP contribution in [0.3, 0.4) is 0 Å². The summed E-state index contributed by atoms with van der Waals surface area (Å²) in [5.74, 6) is 0.363. The average molecular weight is 452 g/mol. The number of carbonyl (C=O) groups is 1. The van der Waals surface area contributed by atoms with Crippen LogP contribution in [0.5, 0.6) is 5.75 Å². The molecular formula is C24H25N3O4S. The van der Waals surface area contributed by atoms with Crippen molar-refractivity contribution in [2.75, 3.05) is 31.1 Å². The summed E-state index contributed by atoms with van der Waals surface area (Å²) in [5.41, 5.74) is 2.85. The Labute approximate surface area is 188 Å². The predicted molar refractivity (Wildman–Crippen MR) is 122 cm³/mol. The van der Waals surface area contributed by atoms with E-state index in [0.29, 0.717) is 32.6 Å². The van der Waals surface area contributed by atoms with Crippen molar-refractivity contribution in [3.63, 3.8) is 0 Å². The second kappa shape index (κ2) is 9.40. The second-order valence-electron chi connectivity index (χ2n) is 7.75. The lowest BCUT2D eigenvalue weighted by molar-refractivity contribution is -0.130. The number of rotatable bonds is 6. The van der Waals surface area contributed by atoms with E-state index < -0.39 is 10.1 Å². The molecule has 1 saturated heterocycles. The number of amides is 1. The molecule has 32 heavy (non-hydrogen) atoms. The summed E-state index contributed by atoms with van der Waals surface area (Å²) >= 11 is 0. The van der Waals surface area contributed by atoms with Crippen LogP contribution in [-0.4, -0.2) is 50.4 Å². The maximum Gasteiger partial charge on any atom is 0.339 e. The number of carbonyl (C=O) groups excluding carboxylic acids is 1. The third kappa shape index (κ3) is 5.26. The SMILES string of the molecule is Cc1ccc(S(=O)(=O)Oc2ccc(N3CCN(C(=O)Cc4cccnc4)CC3)cc2)cc1. The van der Waals surface area contributed by atoms with E-state index in [2.05, 4.69) is 9.88 Å². The monoisotopic (exact) mass is 451 g/mol. The summed E-state index contributed by atoms with van der Waals surface area (Å²) < 4.78 is 30.2. The number of benzene rings is 2. The van der Waals surface area contributed by atoms with Crippen LogP contribution < -0.4 is 9.08 Å². The molecule has 1 aromatic heterocycles. The molecule has 166 valence electrons. The van der Waals surface area contributed by atoms with E-state index >= 15 is 0 Å². The van der Waals surface area contributed by atoms with E-state index in [1.54, 1.807) is 36.7 Å². The van der Waals surface area contributed by atoms with Crippen LogP contribution in [0.25, 0.3) is 0 Å². The topological polar surface area (TPSA) is 79.8 Å². The Morgan fingerprint density at radius 3 is 2.28 bits per heavy atom. The van der Waals surface area contributed by atoms with Crippen LogP contribution in [0.2, 0.25) is 0 Å². The van der Waals surface area contributed by atoms with Gasteiger partial charge in [0.05, 0.1) is 6.42 Å². The fourth-order valence-corrected chi connectivity index (χ4v) is 4.53. The van der Waals surface area contributed by atoms with Gasteiger partial charge in [0.2, 0.25) is 5.91 Å². The molecular weight excluding hydrogens is 426 g/mol. The van der Waals surface area contributed by atoms with Crippen molar-refractivity contribution >= 4 is 21.7 Å². The van der Waals surface area contributed by atoms with E-state index in [0.717, 1.165) is 16.8 Å². The van der Waals surface area contributed by atoms with E-state index in [1.807, 2.05) is 36.1 Å². The Bertz CT molecular complexity index is 1160. The van der Waals surface area contributed by atoms with Gasteiger partial charge >= 0.3 is 10.1 Å². The molecule has 7 nitrogen and oxygen atoms in total. The summed E-state index contributed by atoms with van der Waals surface area (Å²) in [6.45, 7) is 4.59. The van der Waals surface area contributed by atoms with Crippen LogP contribution in [0.4, 0.5) is 5.69 Å². The van der Waals surface area contributed by atoms with Gasteiger partial charge in [-0.15, -0.1) is 0 Å². The van der Waals surface area contributed by atoms with Gasteiger partial charge in [-0.25, -0.2) is 0 Å². The molecule has 3 aromatic rings. The zero-order valence-electron chi connectivity index (χ0n) is 17.8. The van der Waals surface area contributed by atoms with Crippen LogP contribution in [0.15, 0.2) is 78.0 Å². The van der Waals surface area contributed by atoms with Crippen molar-refractivity contribution in [1.82, 2.24) is 9.88 Å². The summed E-state index contributed by atoms with van der Waals surface area (Å²) in [7, 11) is -3.87. The van der Waals surface area contributed by atoms with Crippen molar-refractivity contribution < 1.29 is 17.4 Å².